The molecule has 7 heteroatoms. The Balaban J connectivity index is 1.62. The molecule has 0 saturated heterocycles. The fourth-order valence-corrected chi connectivity index (χ4v) is 2.08. The number of para-hydroxylation sites is 1. The summed E-state index contributed by atoms with van der Waals surface area (Å²) in [5.74, 6) is 0.708. The van der Waals surface area contributed by atoms with Crippen LogP contribution in [-0.2, 0) is 6.54 Å². The van der Waals surface area contributed by atoms with Gasteiger partial charge in [0.1, 0.15) is 11.5 Å². The van der Waals surface area contributed by atoms with Gasteiger partial charge in [-0.1, -0.05) is 23.4 Å². The third kappa shape index (κ3) is 3.41. The number of aromatic nitrogens is 1. The van der Waals surface area contributed by atoms with Crippen molar-refractivity contribution in [2.24, 2.45) is 0 Å². The molecular weight excluding hydrogens is 294 g/mol. The van der Waals surface area contributed by atoms with Crippen LogP contribution in [0.4, 0.5) is 8.78 Å². The van der Waals surface area contributed by atoms with Crippen molar-refractivity contribution in [1.82, 2.24) is 10.5 Å². The van der Waals surface area contributed by atoms with Crippen LogP contribution in [0, 0.1) is 0 Å². The number of nitrogens with one attached hydrogen (secondary N) is 1. The van der Waals surface area contributed by atoms with Crippen molar-refractivity contribution in [3.63, 3.8) is 0 Å². The van der Waals surface area contributed by atoms with Crippen LogP contribution in [0.1, 0.15) is 40.6 Å². The Morgan fingerprint density at radius 1 is 1.41 bits per heavy atom. The van der Waals surface area contributed by atoms with Crippen LogP contribution >= 0.6 is 0 Å². The van der Waals surface area contributed by atoms with Gasteiger partial charge in [0.15, 0.2) is 5.69 Å². The van der Waals surface area contributed by atoms with Gasteiger partial charge >= 0.3 is 6.61 Å². The Morgan fingerprint density at radius 3 is 2.91 bits per heavy atom. The number of hydrogen-bond acceptors (Lipinski definition) is 4. The molecule has 0 unspecified atom stereocenters. The zero-order valence-corrected chi connectivity index (χ0v) is 11.6. The maximum atomic E-state index is 12.3. The maximum Gasteiger partial charge on any atom is 0.387 e. The number of carbonyl (C=O) groups is 1. The third-order valence-electron chi connectivity index (χ3n) is 3.37. The molecule has 1 heterocycles. The molecule has 116 valence electrons. The van der Waals surface area contributed by atoms with Gasteiger partial charge < -0.3 is 14.6 Å². The summed E-state index contributed by atoms with van der Waals surface area (Å²) >= 11 is 0. The van der Waals surface area contributed by atoms with E-state index >= 15 is 0 Å². The highest BCUT2D eigenvalue weighted by Crippen LogP contribution is 2.40. The number of hydrogen-bond donors (Lipinski definition) is 1. The van der Waals surface area contributed by atoms with Crippen LogP contribution in [0.5, 0.6) is 5.75 Å². The number of benzene rings is 1. The number of amides is 1. The fraction of sp³-hybridized carbons (Fsp3) is 0.333. The standard InChI is InChI=1S/C15H14F2N2O3/c16-15(17)21-12-4-2-1-3-10(12)8-18-14(20)11-7-13(22-19-11)9-5-6-9/h1-4,7,9,15H,5-6,8H2,(H,18,20). The highest BCUT2D eigenvalue weighted by Gasteiger charge is 2.28. The van der Waals surface area contributed by atoms with Gasteiger partial charge in [0.25, 0.3) is 5.91 Å². The lowest BCUT2D eigenvalue weighted by Crippen LogP contribution is -2.23. The molecule has 1 amide bonds. The average Bonchev–Trinajstić information content (AvgIpc) is 3.23. The number of halogens is 2. The summed E-state index contributed by atoms with van der Waals surface area (Å²) in [6.07, 6.45) is 2.10. The molecule has 0 aliphatic heterocycles. The lowest BCUT2D eigenvalue weighted by atomic mass is 10.2. The van der Waals surface area contributed by atoms with Crippen LogP contribution < -0.4 is 10.1 Å². The first kappa shape index (κ1) is 14.5. The van der Waals surface area contributed by atoms with Crippen molar-refractivity contribution in [3.05, 3.63) is 47.3 Å². The predicted molar refractivity (Wildman–Crippen MR) is 72.7 cm³/mol. The van der Waals surface area contributed by atoms with Crippen molar-refractivity contribution >= 4 is 5.91 Å². The topological polar surface area (TPSA) is 64.4 Å². The smallest absolute Gasteiger partial charge is 0.387 e. The molecule has 1 aliphatic rings. The highest BCUT2D eigenvalue weighted by molar-refractivity contribution is 5.92. The third-order valence-corrected chi connectivity index (χ3v) is 3.37. The van der Waals surface area contributed by atoms with Crippen LogP contribution in [-0.4, -0.2) is 17.7 Å². The zero-order valence-electron chi connectivity index (χ0n) is 11.6. The molecule has 0 bridgehead atoms. The van der Waals surface area contributed by atoms with Crippen molar-refractivity contribution in [1.29, 1.82) is 0 Å². The quantitative estimate of drug-likeness (QED) is 0.890. The molecule has 1 fully saturated rings. The maximum absolute atomic E-state index is 12.3. The first-order valence-electron chi connectivity index (χ1n) is 6.91. The Hall–Kier alpha value is -2.44. The minimum absolute atomic E-state index is 0.0385. The Kier molecular flexibility index (Phi) is 4.04. The summed E-state index contributed by atoms with van der Waals surface area (Å²) < 4.78 is 34.1. The summed E-state index contributed by atoms with van der Waals surface area (Å²) in [6.45, 7) is -2.85. The van der Waals surface area contributed by atoms with E-state index in [4.69, 9.17) is 4.52 Å². The average molecular weight is 308 g/mol. The van der Waals surface area contributed by atoms with Crippen LogP contribution in [0.3, 0.4) is 0 Å². The second kappa shape index (κ2) is 6.13. The molecule has 1 N–H and O–H groups in total. The van der Waals surface area contributed by atoms with E-state index < -0.39 is 12.5 Å². The Morgan fingerprint density at radius 2 is 2.18 bits per heavy atom. The number of carbonyl (C=O) groups excluding carboxylic acids is 1. The molecule has 22 heavy (non-hydrogen) atoms. The normalized spacial score (nSPS) is 14.1. The van der Waals surface area contributed by atoms with Crippen LogP contribution in [0.25, 0.3) is 0 Å². The van der Waals surface area contributed by atoms with E-state index in [0.29, 0.717) is 17.2 Å². The second-order valence-corrected chi connectivity index (χ2v) is 5.06. The summed E-state index contributed by atoms with van der Waals surface area (Å²) in [6, 6.07) is 7.92. The molecule has 1 aromatic carbocycles. The van der Waals surface area contributed by atoms with Crippen LogP contribution in [0.15, 0.2) is 34.9 Å². The lowest BCUT2D eigenvalue weighted by molar-refractivity contribution is -0.0504. The summed E-state index contributed by atoms with van der Waals surface area (Å²) in [4.78, 5) is 12.0. The van der Waals surface area contributed by atoms with Gasteiger partial charge in [-0.15, -0.1) is 0 Å². The van der Waals surface area contributed by atoms with E-state index in [2.05, 4.69) is 15.2 Å². The van der Waals surface area contributed by atoms with Crippen molar-refractivity contribution in [2.75, 3.05) is 0 Å². The summed E-state index contributed by atoms with van der Waals surface area (Å²) in [5, 5.41) is 6.34. The number of rotatable bonds is 6. The van der Waals surface area contributed by atoms with Gasteiger partial charge in [-0.2, -0.15) is 8.78 Å². The van der Waals surface area contributed by atoms with Gasteiger partial charge in [0.2, 0.25) is 0 Å². The summed E-state index contributed by atoms with van der Waals surface area (Å²) in [5.41, 5.74) is 0.649. The van der Waals surface area contributed by atoms with Gasteiger partial charge in [0, 0.05) is 24.1 Å². The van der Waals surface area contributed by atoms with Gasteiger partial charge in [-0.25, -0.2) is 0 Å². The SMILES string of the molecule is O=C(NCc1ccccc1OC(F)F)c1cc(C2CC2)on1. The molecule has 1 saturated carbocycles. The predicted octanol–water partition coefficient (Wildman–Crippen LogP) is 3.08. The van der Waals surface area contributed by atoms with Gasteiger partial charge in [0.05, 0.1) is 0 Å². The minimum Gasteiger partial charge on any atom is -0.434 e. The van der Waals surface area contributed by atoms with E-state index in [-0.39, 0.29) is 18.0 Å². The molecule has 3 rings (SSSR count). The fourth-order valence-electron chi connectivity index (χ4n) is 2.08. The Labute approximate surface area is 125 Å². The zero-order chi connectivity index (χ0) is 15.5. The first-order valence-corrected chi connectivity index (χ1v) is 6.91. The summed E-state index contributed by atoms with van der Waals surface area (Å²) in [7, 11) is 0. The molecule has 1 aromatic heterocycles. The van der Waals surface area contributed by atoms with Crippen LogP contribution in [0.2, 0.25) is 0 Å². The van der Waals surface area contributed by atoms with Gasteiger partial charge in [-0.05, 0) is 18.9 Å². The molecule has 2 aromatic rings. The first-order chi connectivity index (χ1) is 10.6. The van der Waals surface area contributed by atoms with E-state index in [1.165, 1.54) is 6.07 Å². The van der Waals surface area contributed by atoms with Crippen molar-refractivity contribution in [3.8, 4) is 5.75 Å². The lowest BCUT2D eigenvalue weighted by Gasteiger charge is -2.10. The monoisotopic (exact) mass is 308 g/mol. The second-order valence-electron chi connectivity index (χ2n) is 5.06. The number of alkyl halides is 2. The Bertz CT molecular complexity index is 668. The molecule has 0 spiro atoms. The minimum atomic E-state index is -2.91. The van der Waals surface area contributed by atoms with Gasteiger partial charge in [-0.3, -0.25) is 4.79 Å². The van der Waals surface area contributed by atoms with Crippen molar-refractivity contribution < 1.29 is 22.8 Å². The highest BCUT2D eigenvalue weighted by atomic mass is 19.3. The van der Waals surface area contributed by atoms with E-state index in [9.17, 15) is 13.6 Å². The molecular formula is C15H14F2N2O3. The molecule has 5 nitrogen and oxygen atoms in total. The molecule has 0 atom stereocenters. The molecule has 1 aliphatic carbocycles. The largest absolute Gasteiger partial charge is 0.434 e. The molecule has 0 radical (unpaired) electrons. The number of nitrogens with zero attached hydrogens (tertiary/aromatic N) is 1. The van der Waals surface area contributed by atoms with E-state index in [1.54, 1.807) is 24.3 Å². The number of ether oxygens (including phenoxy) is 1. The van der Waals surface area contributed by atoms with E-state index in [0.717, 1.165) is 12.8 Å². The van der Waals surface area contributed by atoms with E-state index in [1.807, 2.05) is 0 Å². The van der Waals surface area contributed by atoms with Crippen molar-refractivity contribution in [2.45, 2.75) is 31.9 Å².